The highest BCUT2D eigenvalue weighted by atomic mass is 16.5. The Balaban J connectivity index is 1.46. The van der Waals surface area contributed by atoms with Crippen molar-refractivity contribution >= 4 is 5.91 Å². The first kappa shape index (κ1) is 17.0. The number of amides is 1. The Morgan fingerprint density at radius 1 is 1.16 bits per heavy atom. The summed E-state index contributed by atoms with van der Waals surface area (Å²) in [5.41, 5.74) is 1.15. The van der Waals surface area contributed by atoms with Gasteiger partial charge in [0, 0.05) is 25.1 Å². The molecule has 0 N–H and O–H groups in total. The van der Waals surface area contributed by atoms with Crippen molar-refractivity contribution in [3.63, 3.8) is 0 Å². The summed E-state index contributed by atoms with van der Waals surface area (Å²) >= 11 is 0. The molecule has 7 heteroatoms. The van der Waals surface area contributed by atoms with Crippen LogP contribution in [0.3, 0.4) is 0 Å². The quantitative estimate of drug-likeness (QED) is 0.797. The Kier molecular flexibility index (Phi) is 5.33. The highest BCUT2D eigenvalue weighted by molar-refractivity contribution is 5.78. The van der Waals surface area contributed by atoms with Crippen LogP contribution in [0.5, 0.6) is 17.5 Å². The lowest BCUT2D eigenvalue weighted by molar-refractivity contribution is -0.132. The number of hydrogen-bond acceptors (Lipinski definition) is 6. The third-order valence-electron chi connectivity index (χ3n) is 3.99. The lowest BCUT2D eigenvalue weighted by Gasteiger charge is -2.17. The highest BCUT2D eigenvalue weighted by Crippen LogP contribution is 2.18. The molecular weight excluding hydrogens is 322 g/mol. The second kappa shape index (κ2) is 7.83. The summed E-state index contributed by atoms with van der Waals surface area (Å²) in [6, 6.07) is 11.0. The summed E-state index contributed by atoms with van der Waals surface area (Å²) in [4.78, 5) is 14.0. The zero-order valence-corrected chi connectivity index (χ0v) is 14.3. The summed E-state index contributed by atoms with van der Waals surface area (Å²) in [6.07, 6.45) is 0.662. The van der Waals surface area contributed by atoms with Crippen LogP contribution in [0, 0.1) is 6.92 Å². The van der Waals surface area contributed by atoms with Gasteiger partial charge in [-0.15, -0.1) is 10.2 Å². The minimum atomic E-state index is -0.0916. The van der Waals surface area contributed by atoms with E-state index in [1.165, 1.54) is 7.11 Å². The van der Waals surface area contributed by atoms with E-state index < -0.39 is 0 Å². The molecule has 0 unspecified atom stereocenters. The third kappa shape index (κ3) is 4.59. The lowest BCUT2D eigenvalue weighted by atomic mass is 10.2. The van der Waals surface area contributed by atoms with E-state index in [0.717, 1.165) is 12.0 Å². The minimum absolute atomic E-state index is 0.0259. The molecule has 2 heterocycles. The molecule has 0 spiro atoms. The molecule has 0 bridgehead atoms. The number of nitrogens with zero attached hydrogens (tertiary/aromatic N) is 3. The Labute approximate surface area is 146 Å². The molecule has 1 aromatic carbocycles. The van der Waals surface area contributed by atoms with Crippen molar-refractivity contribution in [1.82, 2.24) is 15.1 Å². The first-order valence-corrected chi connectivity index (χ1v) is 8.15. The maximum absolute atomic E-state index is 12.3. The molecule has 1 amide bonds. The molecule has 0 saturated carbocycles. The molecule has 1 atom stereocenters. The van der Waals surface area contributed by atoms with Gasteiger partial charge in [-0.05, 0) is 19.1 Å². The van der Waals surface area contributed by atoms with Crippen LogP contribution in [-0.2, 0) is 4.79 Å². The topological polar surface area (TPSA) is 73.8 Å². The molecule has 0 radical (unpaired) electrons. The Morgan fingerprint density at radius 2 is 1.88 bits per heavy atom. The number of carbonyl (C=O) groups is 1. The summed E-state index contributed by atoms with van der Waals surface area (Å²) in [6.45, 7) is 3.19. The monoisotopic (exact) mass is 343 g/mol. The van der Waals surface area contributed by atoms with Gasteiger partial charge in [0.15, 0.2) is 6.61 Å². The van der Waals surface area contributed by atoms with Crippen LogP contribution in [0.2, 0.25) is 0 Å². The van der Waals surface area contributed by atoms with E-state index in [-0.39, 0.29) is 18.6 Å². The molecule has 1 aromatic heterocycles. The summed E-state index contributed by atoms with van der Waals surface area (Å²) < 4.78 is 16.3. The Bertz CT molecular complexity index is 703. The number of hydrogen-bond donors (Lipinski definition) is 0. The molecule has 0 aliphatic carbocycles. The van der Waals surface area contributed by atoms with E-state index in [1.54, 1.807) is 17.0 Å². The van der Waals surface area contributed by atoms with Crippen molar-refractivity contribution < 1.29 is 19.0 Å². The molecule has 2 aromatic rings. The number of aryl methyl sites for hydroxylation is 1. The molecular formula is C18H21N3O4. The minimum Gasteiger partial charge on any atom is -0.484 e. The van der Waals surface area contributed by atoms with Crippen LogP contribution in [0.15, 0.2) is 36.4 Å². The number of rotatable bonds is 6. The van der Waals surface area contributed by atoms with Crippen LogP contribution in [-0.4, -0.2) is 53.9 Å². The number of methoxy groups -OCH3 is 1. The van der Waals surface area contributed by atoms with E-state index in [2.05, 4.69) is 10.2 Å². The van der Waals surface area contributed by atoms with Crippen molar-refractivity contribution in [2.24, 2.45) is 0 Å². The van der Waals surface area contributed by atoms with Crippen LogP contribution in [0.1, 0.15) is 12.0 Å². The average Bonchev–Trinajstić information content (AvgIpc) is 3.10. The molecule has 1 saturated heterocycles. The van der Waals surface area contributed by atoms with Gasteiger partial charge in [0.25, 0.3) is 5.91 Å². The van der Waals surface area contributed by atoms with E-state index >= 15 is 0 Å². The molecule has 1 aliphatic rings. The predicted molar refractivity (Wildman–Crippen MR) is 90.9 cm³/mol. The summed E-state index contributed by atoms with van der Waals surface area (Å²) in [7, 11) is 1.53. The second-order valence-electron chi connectivity index (χ2n) is 5.88. The number of benzene rings is 1. The highest BCUT2D eigenvalue weighted by Gasteiger charge is 2.28. The van der Waals surface area contributed by atoms with Gasteiger partial charge in [-0.25, -0.2) is 0 Å². The van der Waals surface area contributed by atoms with Gasteiger partial charge < -0.3 is 19.1 Å². The van der Waals surface area contributed by atoms with Crippen LogP contribution < -0.4 is 14.2 Å². The van der Waals surface area contributed by atoms with E-state index in [1.807, 2.05) is 31.2 Å². The fourth-order valence-electron chi connectivity index (χ4n) is 2.57. The summed E-state index contributed by atoms with van der Waals surface area (Å²) in [5, 5.41) is 7.81. The standard InChI is InChI=1S/C18H21N3O4/c1-13-3-5-14(6-4-13)24-12-18(22)21-10-9-15(11-21)25-17-8-7-16(23-2)19-20-17/h3-8,15H,9-12H2,1-2H3/t15-/m1/s1. The molecule has 1 aliphatic heterocycles. The molecule has 1 fully saturated rings. The second-order valence-corrected chi connectivity index (χ2v) is 5.88. The Hall–Kier alpha value is -2.83. The van der Waals surface area contributed by atoms with Gasteiger partial charge in [0.05, 0.1) is 13.7 Å². The van der Waals surface area contributed by atoms with Crippen molar-refractivity contribution in [1.29, 1.82) is 0 Å². The molecule has 3 rings (SSSR count). The van der Waals surface area contributed by atoms with Crippen molar-refractivity contribution in [2.45, 2.75) is 19.4 Å². The SMILES string of the molecule is COc1ccc(O[C@@H]2CCN(C(=O)COc3ccc(C)cc3)C2)nn1. The van der Waals surface area contributed by atoms with Gasteiger partial charge in [-0.3, -0.25) is 4.79 Å². The fourth-order valence-corrected chi connectivity index (χ4v) is 2.57. The maximum atomic E-state index is 12.3. The first-order chi connectivity index (χ1) is 12.1. The Morgan fingerprint density at radius 3 is 2.56 bits per heavy atom. The average molecular weight is 343 g/mol. The summed E-state index contributed by atoms with van der Waals surface area (Å²) in [5.74, 6) is 1.51. The number of aromatic nitrogens is 2. The predicted octanol–water partition coefficient (Wildman–Crippen LogP) is 1.85. The zero-order chi connectivity index (χ0) is 17.6. The largest absolute Gasteiger partial charge is 0.484 e. The number of ether oxygens (including phenoxy) is 3. The van der Waals surface area contributed by atoms with Crippen molar-refractivity contribution in [3.8, 4) is 17.5 Å². The normalized spacial score (nSPS) is 16.6. The maximum Gasteiger partial charge on any atom is 0.260 e. The van der Waals surface area contributed by atoms with Crippen LogP contribution in [0.4, 0.5) is 0 Å². The molecule has 7 nitrogen and oxygen atoms in total. The van der Waals surface area contributed by atoms with Gasteiger partial charge in [-0.2, -0.15) is 0 Å². The number of likely N-dealkylation sites (tertiary alicyclic amines) is 1. The smallest absolute Gasteiger partial charge is 0.260 e. The third-order valence-corrected chi connectivity index (χ3v) is 3.99. The first-order valence-electron chi connectivity index (χ1n) is 8.15. The van der Waals surface area contributed by atoms with Gasteiger partial charge in [0.1, 0.15) is 11.9 Å². The van der Waals surface area contributed by atoms with E-state index in [4.69, 9.17) is 14.2 Å². The van der Waals surface area contributed by atoms with E-state index in [9.17, 15) is 4.79 Å². The van der Waals surface area contributed by atoms with Gasteiger partial charge >= 0.3 is 0 Å². The van der Waals surface area contributed by atoms with Crippen LogP contribution in [0.25, 0.3) is 0 Å². The fraction of sp³-hybridized carbons (Fsp3) is 0.389. The zero-order valence-electron chi connectivity index (χ0n) is 14.3. The van der Waals surface area contributed by atoms with Crippen molar-refractivity contribution in [3.05, 3.63) is 42.0 Å². The molecule has 132 valence electrons. The van der Waals surface area contributed by atoms with Crippen LogP contribution >= 0.6 is 0 Å². The molecule has 25 heavy (non-hydrogen) atoms. The number of carbonyl (C=O) groups excluding carboxylic acids is 1. The van der Waals surface area contributed by atoms with Crippen molar-refractivity contribution in [2.75, 3.05) is 26.8 Å². The lowest BCUT2D eigenvalue weighted by Crippen LogP contribution is -2.34. The van der Waals surface area contributed by atoms with Gasteiger partial charge in [-0.1, -0.05) is 17.7 Å². The van der Waals surface area contributed by atoms with E-state index in [0.29, 0.717) is 30.6 Å². The van der Waals surface area contributed by atoms with Gasteiger partial charge in [0.2, 0.25) is 11.8 Å².